The first-order valence-electron chi connectivity index (χ1n) is 10.3. The average molecular weight is 373 g/mol. The van der Waals surface area contributed by atoms with Gasteiger partial charge in [0.05, 0.1) is 5.69 Å². The van der Waals surface area contributed by atoms with Crippen LogP contribution in [0.2, 0.25) is 0 Å². The first-order chi connectivity index (χ1) is 13.0. The van der Waals surface area contributed by atoms with Crippen LogP contribution in [-0.2, 0) is 17.8 Å². The van der Waals surface area contributed by atoms with Gasteiger partial charge in [0, 0.05) is 31.7 Å². The van der Waals surface area contributed by atoms with Crippen LogP contribution in [0.5, 0.6) is 0 Å². The maximum Gasteiger partial charge on any atom is 0.238 e. The van der Waals surface area contributed by atoms with Crippen molar-refractivity contribution in [2.75, 3.05) is 44.7 Å². The topological polar surface area (TPSA) is 78.6 Å². The van der Waals surface area contributed by atoms with Crippen LogP contribution in [0.25, 0.3) is 0 Å². The number of anilines is 1. The molecule has 1 aromatic heterocycles. The van der Waals surface area contributed by atoms with Crippen molar-refractivity contribution in [2.45, 2.75) is 57.5 Å². The van der Waals surface area contributed by atoms with Crippen molar-refractivity contribution in [3.05, 3.63) is 17.1 Å². The van der Waals surface area contributed by atoms with Gasteiger partial charge in [-0.2, -0.15) is 0 Å². The minimum atomic E-state index is -0.473. The summed E-state index contributed by atoms with van der Waals surface area (Å²) in [5.74, 6) is 1.77. The van der Waals surface area contributed by atoms with Gasteiger partial charge in [0.1, 0.15) is 17.2 Å². The van der Waals surface area contributed by atoms with Gasteiger partial charge in [-0.15, -0.1) is 0 Å². The van der Waals surface area contributed by atoms with E-state index >= 15 is 0 Å². The summed E-state index contributed by atoms with van der Waals surface area (Å²) in [5.41, 5.74) is 7.92. The molecule has 0 spiro atoms. The summed E-state index contributed by atoms with van der Waals surface area (Å²) in [6.07, 6.45) is 6.18. The fourth-order valence-electron chi connectivity index (χ4n) is 5.05. The van der Waals surface area contributed by atoms with E-state index in [4.69, 9.17) is 10.7 Å². The van der Waals surface area contributed by atoms with Crippen molar-refractivity contribution in [3.8, 4) is 0 Å². The Hall–Kier alpha value is -1.73. The van der Waals surface area contributed by atoms with Crippen LogP contribution in [-0.4, -0.2) is 71.0 Å². The maximum atomic E-state index is 12.5. The lowest BCUT2D eigenvalue weighted by Gasteiger charge is -2.48. The molecule has 4 heterocycles. The Morgan fingerprint density at radius 3 is 2.41 bits per heavy atom. The molecule has 7 heteroatoms. The standard InChI is InChI=1S/C20H32N6O/c1-15-22-17-14-24(2)11-6-16(17)18(23-15)25-12-7-20(8-13-25,19(21)27)26-9-4-3-5-10-26/h3-14H2,1-2H3,(H2,21,27). The SMILES string of the molecule is Cc1nc2c(c(N3CCC(C(N)=O)(N4CCCCC4)CC3)n1)CCN(C)C2. The molecular formula is C20H32N6O. The molecule has 0 bridgehead atoms. The average Bonchev–Trinajstić information content (AvgIpc) is 2.67. The predicted octanol–water partition coefficient (Wildman–Crippen LogP) is 1.08. The van der Waals surface area contributed by atoms with Gasteiger partial charge >= 0.3 is 0 Å². The molecule has 3 aliphatic rings. The first kappa shape index (κ1) is 18.6. The van der Waals surface area contributed by atoms with E-state index in [0.717, 1.165) is 75.9 Å². The highest BCUT2D eigenvalue weighted by molar-refractivity contribution is 5.85. The number of fused-ring (bicyclic) bond motifs is 1. The highest BCUT2D eigenvalue weighted by Crippen LogP contribution is 2.35. The molecule has 2 N–H and O–H groups in total. The monoisotopic (exact) mass is 372 g/mol. The molecule has 148 valence electrons. The molecule has 0 atom stereocenters. The zero-order valence-corrected chi connectivity index (χ0v) is 16.7. The lowest BCUT2D eigenvalue weighted by molar-refractivity contribution is -0.132. The highest BCUT2D eigenvalue weighted by Gasteiger charge is 2.45. The smallest absolute Gasteiger partial charge is 0.238 e. The summed E-state index contributed by atoms with van der Waals surface area (Å²) in [6.45, 7) is 7.56. The number of piperidine rings is 2. The van der Waals surface area contributed by atoms with Gasteiger partial charge in [-0.05, 0) is 59.2 Å². The molecule has 0 saturated carbocycles. The van der Waals surface area contributed by atoms with E-state index in [0.29, 0.717) is 0 Å². The number of hydrogen-bond donors (Lipinski definition) is 1. The van der Waals surface area contributed by atoms with Crippen LogP contribution in [0.4, 0.5) is 5.82 Å². The zero-order valence-electron chi connectivity index (χ0n) is 16.7. The molecule has 1 amide bonds. The van der Waals surface area contributed by atoms with Crippen LogP contribution in [0.1, 0.15) is 49.2 Å². The largest absolute Gasteiger partial charge is 0.368 e. The second kappa shape index (κ2) is 7.36. The Balaban J connectivity index is 1.56. The van der Waals surface area contributed by atoms with E-state index in [1.54, 1.807) is 0 Å². The quantitative estimate of drug-likeness (QED) is 0.856. The molecule has 0 radical (unpaired) electrons. The van der Waals surface area contributed by atoms with Crippen molar-refractivity contribution >= 4 is 11.7 Å². The molecule has 4 rings (SSSR count). The Morgan fingerprint density at radius 1 is 1.04 bits per heavy atom. The second-order valence-electron chi connectivity index (χ2n) is 8.44. The number of hydrogen-bond acceptors (Lipinski definition) is 6. The van der Waals surface area contributed by atoms with Gasteiger partial charge < -0.3 is 15.5 Å². The van der Waals surface area contributed by atoms with Crippen molar-refractivity contribution < 1.29 is 4.79 Å². The summed E-state index contributed by atoms with van der Waals surface area (Å²) in [6, 6.07) is 0. The lowest BCUT2D eigenvalue weighted by atomic mass is 9.83. The van der Waals surface area contributed by atoms with Crippen LogP contribution in [0.3, 0.4) is 0 Å². The number of likely N-dealkylation sites (N-methyl/N-ethyl adjacent to an activating group) is 1. The number of amides is 1. The molecule has 0 aromatic carbocycles. The van der Waals surface area contributed by atoms with E-state index in [2.05, 4.69) is 26.7 Å². The molecule has 2 saturated heterocycles. The Bertz CT molecular complexity index is 707. The van der Waals surface area contributed by atoms with Crippen LogP contribution >= 0.6 is 0 Å². The van der Waals surface area contributed by atoms with Gasteiger partial charge in [0.15, 0.2) is 0 Å². The Kier molecular flexibility index (Phi) is 5.07. The van der Waals surface area contributed by atoms with Crippen molar-refractivity contribution in [3.63, 3.8) is 0 Å². The summed E-state index contributed by atoms with van der Waals surface area (Å²) < 4.78 is 0. The summed E-state index contributed by atoms with van der Waals surface area (Å²) in [5, 5.41) is 0. The van der Waals surface area contributed by atoms with E-state index in [1.165, 1.54) is 24.8 Å². The molecular weight excluding hydrogens is 340 g/mol. The third-order valence-electron chi connectivity index (χ3n) is 6.66. The maximum absolute atomic E-state index is 12.5. The highest BCUT2D eigenvalue weighted by atomic mass is 16.1. The zero-order chi connectivity index (χ0) is 19.0. The summed E-state index contributed by atoms with van der Waals surface area (Å²) in [4.78, 5) is 29.0. The number of aromatic nitrogens is 2. The molecule has 1 aromatic rings. The predicted molar refractivity (Wildman–Crippen MR) is 106 cm³/mol. The minimum Gasteiger partial charge on any atom is -0.368 e. The number of aryl methyl sites for hydroxylation is 1. The lowest BCUT2D eigenvalue weighted by Crippen LogP contribution is -2.63. The fraction of sp³-hybridized carbons (Fsp3) is 0.750. The van der Waals surface area contributed by atoms with Gasteiger partial charge in [0.25, 0.3) is 0 Å². The number of carbonyl (C=O) groups excluding carboxylic acids is 1. The molecule has 3 aliphatic heterocycles. The number of nitrogens with two attached hydrogens (primary N) is 1. The molecule has 7 nitrogen and oxygen atoms in total. The number of likely N-dealkylation sites (tertiary alicyclic amines) is 1. The van der Waals surface area contributed by atoms with Crippen molar-refractivity contribution in [1.29, 1.82) is 0 Å². The fourth-order valence-corrected chi connectivity index (χ4v) is 5.05. The van der Waals surface area contributed by atoms with Crippen molar-refractivity contribution in [2.24, 2.45) is 5.73 Å². The molecule has 2 fully saturated rings. The number of primary amides is 1. The number of carbonyl (C=O) groups is 1. The van der Waals surface area contributed by atoms with E-state index in [-0.39, 0.29) is 5.91 Å². The van der Waals surface area contributed by atoms with Gasteiger partial charge in [0.2, 0.25) is 5.91 Å². The third kappa shape index (κ3) is 3.43. The summed E-state index contributed by atoms with van der Waals surface area (Å²) in [7, 11) is 2.14. The van der Waals surface area contributed by atoms with Gasteiger partial charge in [-0.25, -0.2) is 9.97 Å². The van der Waals surface area contributed by atoms with E-state index in [9.17, 15) is 4.79 Å². The van der Waals surface area contributed by atoms with Gasteiger partial charge in [-0.1, -0.05) is 6.42 Å². The Labute approximate surface area is 161 Å². The molecule has 0 unspecified atom stereocenters. The summed E-state index contributed by atoms with van der Waals surface area (Å²) >= 11 is 0. The van der Waals surface area contributed by atoms with Crippen LogP contribution in [0.15, 0.2) is 0 Å². The second-order valence-corrected chi connectivity index (χ2v) is 8.44. The first-order valence-corrected chi connectivity index (χ1v) is 10.3. The van der Waals surface area contributed by atoms with Crippen LogP contribution < -0.4 is 10.6 Å². The van der Waals surface area contributed by atoms with Crippen molar-refractivity contribution in [1.82, 2.24) is 19.8 Å². The van der Waals surface area contributed by atoms with E-state index in [1.807, 2.05) is 6.92 Å². The van der Waals surface area contributed by atoms with E-state index < -0.39 is 5.54 Å². The number of rotatable bonds is 3. The minimum absolute atomic E-state index is 0.147. The van der Waals surface area contributed by atoms with Gasteiger partial charge in [-0.3, -0.25) is 9.69 Å². The Morgan fingerprint density at radius 2 is 1.74 bits per heavy atom. The third-order valence-corrected chi connectivity index (χ3v) is 6.66. The van der Waals surface area contributed by atoms with Crippen LogP contribution in [0, 0.1) is 6.92 Å². The number of nitrogens with zero attached hydrogens (tertiary/aromatic N) is 5. The normalized spacial score (nSPS) is 23.9. The molecule has 27 heavy (non-hydrogen) atoms. The molecule has 0 aliphatic carbocycles.